The van der Waals surface area contributed by atoms with Crippen LogP contribution in [-0.2, 0) is 0 Å². The number of fused-ring (bicyclic) bond motifs is 2. The molecule has 2 aliphatic rings. The number of halogens is 9. The van der Waals surface area contributed by atoms with Gasteiger partial charge in [0.05, 0.1) is 0 Å². The Kier molecular flexibility index (Phi) is 4.96. The molecule has 1 nitrogen and oxygen atoms in total. The summed E-state index contributed by atoms with van der Waals surface area (Å²) in [5.41, 5.74) is -7.00. The van der Waals surface area contributed by atoms with Gasteiger partial charge in [0.15, 0.2) is 0 Å². The van der Waals surface area contributed by atoms with Gasteiger partial charge in [-0.15, -0.1) is 0 Å². The molecule has 152 valence electrons. The van der Waals surface area contributed by atoms with Crippen molar-refractivity contribution in [1.29, 1.82) is 0 Å². The fourth-order valence-electron chi connectivity index (χ4n) is 4.86. The quantitative estimate of drug-likeness (QED) is 0.469. The highest BCUT2D eigenvalue weighted by molar-refractivity contribution is 5.13. The Morgan fingerprint density at radius 3 is 1.88 bits per heavy atom. The molecule has 0 spiro atoms. The number of allylic oxidation sites excluding steroid dienone is 1. The van der Waals surface area contributed by atoms with Crippen LogP contribution < -0.4 is 0 Å². The third-order valence-electron chi connectivity index (χ3n) is 5.96. The molecule has 0 aromatic rings. The van der Waals surface area contributed by atoms with E-state index in [0.29, 0.717) is 6.42 Å². The molecule has 0 aromatic carbocycles. The second-order valence-electron chi connectivity index (χ2n) is 7.90. The number of rotatable bonds is 4. The molecule has 0 aromatic heterocycles. The fourth-order valence-corrected chi connectivity index (χ4v) is 4.86. The smallest absolute Gasteiger partial charge is 0.374 e. The normalized spacial score (nSPS) is 33.0. The number of hydrogen-bond acceptors (Lipinski definition) is 1. The lowest BCUT2D eigenvalue weighted by atomic mass is 9.64. The van der Waals surface area contributed by atoms with Crippen molar-refractivity contribution in [2.24, 2.45) is 23.2 Å². The molecule has 4 atom stereocenters. The van der Waals surface area contributed by atoms with E-state index in [1.807, 2.05) is 0 Å². The van der Waals surface area contributed by atoms with Crippen LogP contribution in [0.15, 0.2) is 12.2 Å². The van der Waals surface area contributed by atoms with E-state index < -0.39 is 59.8 Å². The number of alkyl halides is 9. The Labute approximate surface area is 144 Å². The topological polar surface area (TPSA) is 20.2 Å². The second-order valence-corrected chi connectivity index (χ2v) is 7.90. The lowest BCUT2D eigenvalue weighted by molar-refractivity contribution is -0.373. The minimum Gasteiger partial charge on any atom is -0.374 e. The van der Waals surface area contributed by atoms with Crippen molar-refractivity contribution >= 4 is 0 Å². The third kappa shape index (κ3) is 3.57. The van der Waals surface area contributed by atoms with Gasteiger partial charge < -0.3 is 5.11 Å². The summed E-state index contributed by atoms with van der Waals surface area (Å²) in [7, 11) is 0. The standard InChI is InChI=1S/C16H19F9O/c1-8(14(17,18)19)5-12(2)6-9-3-10(11(12)4-9)7-13(26,15(20,21)22)16(23,24)25/h9-11,26H,1,3-7H2,2H3. The summed E-state index contributed by atoms with van der Waals surface area (Å²) < 4.78 is 116. The van der Waals surface area contributed by atoms with Crippen molar-refractivity contribution in [3.8, 4) is 0 Å². The van der Waals surface area contributed by atoms with Crippen molar-refractivity contribution in [3.63, 3.8) is 0 Å². The zero-order valence-corrected chi connectivity index (χ0v) is 13.8. The van der Waals surface area contributed by atoms with Crippen LogP contribution in [0.2, 0.25) is 0 Å². The van der Waals surface area contributed by atoms with Crippen LogP contribution in [-0.4, -0.2) is 29.2 Å². The predicted molar refractivity (Wildman–Crippen MR) is 73.9 cm³/mol. The van der Waals surface area contributed by atoms with Crippen LogP contribution >= 0.6 is 0 Å². The van der Waals surface area contributed by atoms with Crippen LogP contribution in [0, 0.1) is 23.2 Å². The molecule has 10 heteroatoms. The Morgan fingerprint density at radius 2 is 1.50 bits per heavy atom. The highest BCUT2D eigenvalue weighted by Crippen LogP contribution is 2.64. The predicted octanol–water partition coefficient (Wildman–Crippen LogP) is 5.79. The van der Waals surface area contributed by atoms with Crippen LogP contribution in [0.4, 0.5) is 39.5 Å². The minimum atomic E-state index is -5.92. The molecule has 2 bridgehead atoms. The average Bonchev–Trinajstić information content (AvgIpc) is 2.90. The maximum atomic E-state index is 12.9. The van der Waals surface area contributed by atoms with E-state index in [9.17, 15) is 44.6 Å². The van der Waals surface area contributed by atoms with Gasteiger partial charge in [0.25, 0.3) is 5.60 Å². The van der Waals surface area contributed by atoms with Gasteiger partial charge in [-0.3, -0.25) is 0 Å². The van der Waals surface area contributed by atoms with Crippen LogP contribution in [0.3, 0.4) is 0 Å². The van der Waals surface area contributed by atoms with E-state index in [2.05, 4.69) is 6.58 Å². The summed E-state index contributed by atoms with van der Waals surface area (Å²) in [6, 6.07) is 0. The molecule has 0 heterocycles. The van der Waals surface area contributed by atoms with E-state index in [4.69, 9.17) is 0 Å². The van der Waals surface area contributed by atoms with Gasteiger partial charge in [0, 0.05) is 5.57 Å². The zero-order valence-electron chi connectivity index (χ0n) is 13.8. The third-order valence-corrected chi connectivity index (χ3v) is 5.96. The molecule has 2 rings (SSSR count). The lowest BCUT2D eigenvalue weighted by Gasteiger charge is -2.43. The van der Waals surface area contributed by atoms with Gasteiger partial charge in [0.1, 0.15) is 0 Å². The molecule has 1 N–H and O–H groups in total. The maximum absolute atomic E-state index is 12.9. The van der Waals surface area contributed by atoms with Crippen molar-refractivity contribution in [1.82, 2.24) is 0 Å². The van der Waals surface area contributed by atoms with Gasteiger partial charge in [-0.2, -0.15) is 39.5 Å². The molecular formula is C16H19F9O. The van der Waals surface area contributed by atoms with Crippen molar-refractivity contribution in [2.45, 2.75) is 63.2 Å². The van der Waals surface area contributed by atoms with Crippen LogP contribution in [0.5, 0.6) is 0 Å². The summed E-state index contributed by atoms with van der Waals surface area (Å²) >= 11 is 0. The summed E-state index contributed by atoms with van der Waals surface area (Å²) in [4.78, 5) is 0. The molecule has 4 unspecified atom stereocenters. The van der Waals surface area contributed by atoms with Gasteiger partial charge in [-0.25, -0.2) is 0 Å². The monoisotopic (exact) mass is 398 g/mol. The van der Waals surface area contributed by atoms with Gasteiger partial charge >= 0.3 is 18.5 Å². The van der Waals surface area contributed by atoms with E-state index in [-0.39, 0.29) is 18.8 Å². The number of aliphatic hydroxyl groups is 1. The summed E-state index contributed by atoms with van der Waals surface area (Å²) in [6.07, 6.45) is -18.0. The second kappa shape index (κ2) is 6.04. The molecule has 2 saturated carbocycles. The van der Waals surface area contributed by atoms with E-state index in [1.54, 1.807) is 0 Å². The number of hydrogen-bond donors (Lipinski definition) is 1. The Morgan fingerprint density at radius 1 is 1.00 bits per heavy atom. The van der Waals surface area contributed by atoms with Crippen LogP contribution in [0.1, 0.15) is 39.0 Å². The molecule has 0 amide bonds. The zero-order chi connectivity index (χ0) is 20.3. The van der Waals surface area contributed by atoms with Crippen molar-refractivity contribution < 1.29 is 44.6 Å². The first-order chi connectivity index (χ1) is 11.4. The van der Waals surface area contributed by atoms with Crippen LogP contribution in [0.25, 0.3) is 0 Å². The Balaban J connectivity index is 2.24. The molecular weight excluding hydrogens is 379 g/mol. The first-order valence-corrected chi connectivity index (χ1v) is 8.01. The largest absolute Gasteiger partial charge is 0.426 e. The summed E-state index contributed by atoms with van der Waals surface area (Å²) in [5.74, 6) is -2.17. The Hall–Kier alpha value is -0.930. The summed E-state index contributed by atoms with van der Waals surface area (Å²) in [5, 5.41) is 9.41. The Bertz CT molecular complexity index is 546. The SMILES string of the molecule is C=C(CC1(C)CC2CC(CC(O)(C(F)(F)F)C(F)(F)F)C1C2)C(F)(F)F. The molecule has 0 aliphatic heterocycles. The van der Waals surface area contributed by atoms with E-state index in [1.165, 1.54) is 6.92 Å². The summed E-state index contributed by atoms with van der Waals surface area (Å²) in [6.45, 7) is 4.41. The van der Waals surface area contributed by atoms with Crippen molar-refractivity contribution in [2.75, 3.05) is 0 Å². The molecule has 2 fully saturated rings. The minimum absolute atomic E-state index is 0.0349. The molecule has 0 radical (unpaired) electrons. The molecule has 2 aliphatic carbocycles. The fraction of sp³-hybridized carbons (Fsp3) is 0.875. The van der Waals surface area contributed by atoms with Crippen molar-refractivity contribution in [3.05, 3.63) is 12.2 Å². The highest BCUT2D eigenvalue weighted by Gasteiger charge is 2.71. The first kappa shape index (κ1) is 21.4. The molecule has 0 saturated heterocycles. The average molecular weight is 398 g/mol. The van der Waals surface area contributed by atoms with E-state index in [0.717, 1.165) is 0 Å². The van der Waals surface area contributed by atoms with Gasteiger partial charge in [-0.1, -0.05) is 13.5 Å². The van der Waals surface area contributed by atoms with Gasteiger partial charge in [-0.05, 0) is 55.3 Å². The molecule has 26 heavy (non-hydrogen) atoms. The first-order valence-electron chi connectivity index (χ1n) is 8.01. The highest BCUT2D eigenvalue weighted by atomic mass is 19.4. The maximum Gasteiger partial charge on any atom is 0.426 e. The van der Waals surface area contributed by atoms with E-state index >= 15 is 0 Å². The lowest BCUT2D eigenvalue weighted by Crippen LogP contribution is -2.58. The van der Waals surface area contributed by atoms with Gasteiger partial charge in [0.2, 0.25) is 0 Å².